The fourth-order valence-corrected chi connectivity index (χ4v) is 3.71. The van der Waals surface area contributed by atoms with Gasteiger partial charge >= 0.3 is 12.4 Å². The lowest BCUT2D eigenvalue weighted by Crippen LogP contribution is -2.54. The van der Waals surface area contributed by atoms with Crippen LogP contribution in [0.3, 0.4) is 0 Å². The molecule has 0 aromatic heterocycles. The van der Waals surface area contributed by atoms with Crippen LogP contribution in [0.25, 0.3) is 0 Å². The molecule has 1 N–H and O–H groups in total. The van der Waals surface area contributed by atoms with Crippen molar-refractivity contribution >= 4 is 35.3 Å². The molecule has 2 atom stereocenters. The highest BCUT2D eigenvalue weighted by atomic mass is 19.4. The molecule has 2 aliphatic heterocycles. The number of rotatable bonds is 3. The Morgan fingerprint density at radius 2 is 1.72 bits per heavy atom. The first kappa shape index (κ1) is 27.9. The first-order valence-electron chi connectivity index (χ1n) is 11.1. The Bertz CT molecular complexity index is 1320. The fourth-order valence-electron chi connectivity index (χ4n) is 3.71. The van der Waals surface area contributed by atoms with Gasteiger partial charge in [-0.15, -0.1) is 0 Å². The monoisotopic (exact) mass is 556 g/mol. The Morgan fingerprint density at radius 1 is 1.10 bits per heavy atom. The van der Waals surface area contributed by atoms with E-state index in [1.54, 1.807) is 0 Å². The van der Waals surface area contributed by atoms with Gasteiger partial charge < -0.3 is 19.5 Å². The summed E-state index contributed by atoms with van der Waals surface area (Å²) in [7, 11) is 1.42. The summed E-state index contributed by atoms with van der Waals surface area (Å²) >= 11 is 0. The second-order valence-corrected chi connectivity index (χ2v) is 8.22. The second kappa shape index (κ2) is 10.6. The summed E-state index contributed by atoms with van der Waals surface area (Å²) in [6, 6.07) is 0.679. The lowest BCUT2D eigenvalue weighted by Gasteiger charge is -2.34. The molecule has 0 spiro atoms. The van der Waals surface area contributed by atoms with Crippen molar-refractivity contribution in [1.29, 1.82) is 0 Å². The third kappa shape index (κ3) is 6.15. The lowest BCUT2D eigenvalue weighted by atomic mass is 10.0. The molecule has 0 radical (unpaired) electrons. The number of aliphatic hydroxyl groups is 1. The topological polar surface area (TPSA) is 113 Å². The van der Waals surface area contributed by atoms with Crippen LogP contribution in [0.2, 0.25) is 0 Å². The number of hydrogen-bond acceptors (Lipinski definition) is 7. The molecule has 1 aromatic carbocycles. The number of morpholine rings is 1. The molecular weight excluding hydrogens is 538 g/mol. The van der Waals surface area contributed by atoms with Gasteiger partial charge in [-0.25, -0.2) is 9.98 Å². The van der Waals surface area contributed by atoms with Gasteiger partial charge in [0.1, 0.15) is 0 Å². The molecular formula is C24H18F6N4O5. The van der Waals surface area contributed by atoms with Crippen molar-refractivity contribution in [3.63, 3.8) is 0 Å². The van der Waals surface area contributed by atoms with Crippen molar-refractivity contribution in [2.75, 3.05) is 25.2 Å². The largest absolute Gasteiger partial charge is 0.480 e. The number of methoxy groups -OCH3 is 1. The van der Waals surface area contributed by atoms with Gasteiger partial charge in [0.05, 0.1) is 36.8 Å². The summed E-state index contributed by atoms with van der Waals surface area (Å²) in [5.41, 5.74) is -3.32. The first-order valence-corrected chi connectivity index (χ1v) is 11.1. The molecule has 1 saturated heterocycles. The van der Waals surface area contributed by atoms with E-state index in [-0.39, 0.29) is 18.4 Å². The van der Waals surface area contributed by atoms with Crippen LogP contribution in [0.5, 0.6) is 0 Å². The molecule has 4 rings (SSSR count). The Balaban J connectivity index is 1.53. The number of nitrogens with zero attached hydrogens (tertiary/aromatic N) is 4. The highest BCUT2D eigenvalue weighted by Crippen LogP contribution is 2.39. The number of ether oxygens (including phenoxy) is 2. The van der Waals surface area contributed by atoms with Crippen LogP contribution in [0, 0.1) is 0 Å². The van der Waals surface area contributed by atoms with Crippen LogP contribution in [0.1, 0.15) is 11.1 Å². The zero-order chi connectivity index (χ0) is 28.5. The molecule has 15 heteroatoms. The first-order chi connectivity index (χ1) is 18.3. The molecule has 39 heavy (non-hydrogen) atoms. The molecule has 0 saturated carbocycles. The number of aliphatic imine (C=N–C) groups is 3. The predicted octanol–water partition coefficient (Wildman–Crippen LogP) is 3.25. The summed E-state index contributed by atoms with van der Waals surface area (Å²) in [6.07, 6.45) is -7.09. The van der Waals surface area contributed by atoms with Crippen molar-refractivity contribution in [1.82, 2.24) is 0 Å². The Morgan fingerprint density at radius 3 is 2.26 bits per heavy atom. The molecule has 1 aliphatic carbocycles. The van der Waals surface area contributed by atoms with E-state index in [2.05, 4.69) is 15.0 Å². The zero-order valence-electron chi connectivity index (χ0n) is 19.8. The third-order valence-corrected chi connectivity index (χ3v) is 5.63. The zero-order valence-corrected chi connectivity index (χ0v) is 19.8. The van der Waals surface area contributed by atoms with Crippen LogP contribution < -0.4 is 4.90 Å². The van der Waals surface area contributed by atoms with Gasteiger partial charge in [0.25, 0.3) is 11.8 Å². The van der Waals surface area contributed by atoms with Gasteiger partial charge in [0.2, 0.25) is 5.90 Å². The van der Waals surface area contributed by atoms with Crippen LogP contribution >= 0.6 is 0 Å². The lowest BCUT2D eigenvalue weighted by molar-refractivity contribution is -0.151. The fraction of sp³-hybridized carbons (Fsp3) is 0.292. The number of benzene rings is 1. The van der Waals surface area contributed by atoms with Crippen LogP contribution in [0.15, 0.2) is 68.9 Å². The maximum atomic E-state index is 13.3. The second-order valence-electron chi connectivity index (χ2n) is 8.22. The normalized spacial score (nSPS) is 20.5. The van der Waals surface area contributed by atoms with E-state index in [9.17, 15) is 41.0 Å². The molecule has 2 amide bonds. The highest BCUT2D eigenvalue weighted by molar-refractivity contribution is 6.28. The van der Waals surface area contributed by atoms with Crippen molar-refractivity contribution in [2.24, 2.45) is 15.0 Å². The molecule has 2 unspecified atom stereocenters. The number of alkyl halides is 6. The Labute approximate surface area is 216 Å². The average Bonchev–Trinajstić information content (AvgIpc) is 3.37. The molecule has 0 bridgehead atoms. The number of anilines is 1. The van der Waals surface area contributed by atoms with E-state index in [0.29, 0.717) is 34.3 Å². The summed E-state index contributed by atoms with van der Waals surface area (Å²) in [5.74, 6) is -1.78. The number of amides is 2. The summed E-state index contributed by atoms with van der Waals surface area (Å²) in [6.45, 7) is -0.793. The van der Waals surface area contributed by atoms with Gasteiger partial charge in [0, 0.05) is 17.8 Å². The van der Waals surface area contributed by atoms with E-state index in [1.165, 1.54) is 37.6 Å². The third-order valence-electron chi connectivity index (χ3n) is 5.63. The van der Waals surface area contributed by atoms with E-state index in [0.717, 1.165) is 0 Å². The Hall–Kier alpha value is -4.11. The standard InChI is InChI=1S/C24H18F6N4O5/c1-38-17-11-31-20(33-17)12-2-4-15(5-3-12)32-21(36)18(35)19-22(37)34(6-7-39-19)16-9-13(23(25,26)27)8-14(10-16)24(28,29)30/h2-5,8-11,18-19,35H,6-7H2,1H3. The molecule has 1 aromatic rings. The van der Waals surface area contributed by atoms with E-state index in [1.807, 2.05) is 0 Å². The maximum Gasteiger partial charge on any atom is 0.416 e. The molecule has 3 aliphatic rings. The number of hydrogen-bond donors (Lipinski definition) is 1. The summed E-state index contributed by atoms with van der Waals surface area (Å²) in [5, 5.41) is 10.5. The van der Waals surface area contributed by atoms with Crippen molar-refractivity contribution in [3.8, 4) is 0 Å². The van der Waals surface area contributed by atoms with Crippen molar-refractivity contribution in [3.05, 3.63) is 65.0 Å². The quantitative estimate of drug-likeness (QED) is 0.575. The molecule has 1 fully saturated rings. The predicted molar refractivity (Wildman–Crippen MR) is 125 cm³/mol. The van der Waals surface area contributed by atoms with Gasteiger partial charge in [0.15, 0.2) is 18.0 Å². The maximum absolute atomic E-state index is 13.3. The van der Waals surface area contributed by atoms with Crippen molar-refractivity contribution < 1.29 is 50.5 Å². The summed E-state index contributed by atoms with van der Waals surface area (Å²) < 4.78 is 89.6. The van der Waals surface area contributed by atoms with Gasteiger partial charge in [-0.3, -0.25) is 9.59 Å². The van der Waals surface area contributed by atoms with Crippen LogP contribution in [-0.2, 0) is 31.4 Å². The van der Waals surface area contributed by atoms with Crippen molar-refractivity contribution in [2.45, 2.75) is 24.6 Å². The Kier molecular flexibility index (Phi) is 7.57. The average molecular weight is 556 g/mol. The SMILES string of the molecule is COC1=NC(=C2C=CC(=NC(=O)C(O)C3OCCN(c4cc(C(F)(F)F)cc(C(F)(F)F)c4)C3=O)C=C2)N=C1. The van der Waals surface area contributed by atoms with Crippen LogP contribution in [0.4, 0.5) is 32.0 Å². The summed E-state index contributed by atoms with van der Waals surface area (Å²) in [4.78, 5) is 38.0. The molecule has 2 heterocycles. The smallest absolute Gasteiger partial charge is 0.416 e. The number of carbonyl (C=O) groups is 2. The minimum absolute atomic E-state index is 0.0746. The van der Waals surface area contributed by atoms with Gasteiger partial charge in [-0.2, -0.15) is 31.3 Å². The van der Waals surface area contributed by atoms with E-state index < -0.39 is 59.7 Å². The van der Waals surface area contributed by atoms with Gasteiger partial charge in [-0.1, -0.05) is 0 Å². The number of aliphatic hydroxyl groups excluding tert-OH is 1. The molecule has 206 valence electrons. The number of halogens is 6. The molecule has 9 nitrogen and oxygen atoms in total. The minimum Gasteiger partial charge on any atom is -0.480 e. The van der Waals surface area contributed by atoms with Crippen LogP contribution in [-0.4, -0.2) is 67.2 Å². The minimum atomic E-state index is -5.13. The number of carbonyl (C=O) groups excluding carboxylic acids is 2. The highest BCUT2D eigenvalue weighted by Gasteiger charge is 2.42. The number of allylic oxidation sites excluding steroid dienone is 5. The van der Waals surface area contributed by atoms with Gasteiger partial charge in [-0.05, 0) is 42.5 Å². The van der Waals surface area contributed by atoms with E-state index in [4.69, 9.17) is 9.47 Å². The van der Waals surface area contributed by atoms with E-state index >= 15 is 0 Å².